The second kappa shape index (κ2) is 10.7. The molecule has 3 aromatic rings. The Hall–Kier alpha value is -2.48. The highest BCUT2D eigenvalue weighted by Crippen LogP contribution is 2.38. The summed E-state index contributed by atoms with van der Waals surface area (Å²) in [4.78, 5) is 28.0. The fourth-order valence-electron chi connectivity index (χ4n) is 4.87. The van der Waals surface area contributed by atoms with Gasteiger partial charge in [0.15, 0.2) is 0 Å². The maximum atomic E-state index is 13.6. The number of hydrogen-bond donors (Lipinski definition) is 2. The van der Waals surface area contributed by atoms with Gasteiger partial charge >= 0.3 is 10.3 Å². The highest BCUT2D eigenvalue weighted by molar-refractivity contribution is 7.84. The number of aryl methyl sites for hydroxylation is 1. The monoisotopic (exact) mass is 563 g/mol. The molecule has 1 saturated carbocycles. The second-order valence-corrected chi connectivity index (χ2v) is 12.1. The summed E-state index contributed by atoms with van der Waals surface area (Å²) in [6.45, 7) is 2.56. The Morgan fingerprint density at radius 3 is 3.00 bits per heavy atom. The number of pyridine rings is 1. The molecule has 37 heavy (non-hydrogen) atoms. The number of halogens is 1. The summed E-state index contributed by atoms with van der Waals surface area (Å²) < 4.78 is 33.0. The molecule has 1 aliphatic heterocycles. The van der Waals surface area contributed by atoms with Crippen molar-refractivity contribution >= 4 is 44.8 Å². The van der Waals surface area contributed by atoms with Gasteiger partial charge in [-0.3, -0.25) is 8.98 Å². The van der Waals surface area contributed by atoms with Gasteiger partial charge in [0.05, 0.1) is 29.3 Å². The second-order valence-electron chi connectivity index (χ2n) is 9.21. The van der Waals surface area contributed by atoms with Crippen LogP contribution in [0.2, 0.25) is 5.15 Å². The number of ketones is 1. The van der Waals surface area contributed by atoms with Gasteiger partial charge in [-0.25, -0.2) is 20.1 Å². The normalized spacial score (nSPS) is 21.5. The molecule has 3 N–H and O–H groups in total. The number of ether oxygens (including phenoxy) is 1. The third kappa shape index (κ3) is 6.00. The van der Waals surface area contributed by atoms with E-state index in [1.165, 1.54) is 23.9 Å². The van der Waals surface area contributed by atoms with Gasteiger partial charge in [-0.2, -0.15) is 8.42 Å². The number of nitrogens with two attached hydrogens (primary N) is 1. The zero-order valence-electron chi connectivity index (χ0n) is 20.0. The smallest absolute Gasteiger partial charge is 0.333 e. The molecule has 2 aliphatic rings. The first-order valence-corrected chi connectivity index (χ1v) is 14.5. The molecule has 4 heterocycles. The van der Waals surface area contributed by atoms with Crippen molar-refractivity contribution in [3.63, 3.8) is 0 Å². The Bertz CT molecular complexity index is 1430. The minimum atomic E-state index is -3.97. The lowest BCUT2D eigenvalue weighted by Crippen LogP contribution is -2.22. The molecule has 0 radical (unpaired) electrons. The van der Waals surface area contributed by atoms with Crippen LogP contribution in [0.15, 0.2) is 30.7 Å². The molecule has 1 fully saturated rings. The van der Waals surface area contributed by atoms with E-state index in [9.17, 15) is 13.2 Å². The van der Waals surface area contributed by atoms with Gasteiger partial charge in [0.2, 0.25) is 5.78 Å². The van der Waals surface area contributed by atoms with Crippen molar-refractivity contribution in [3.8, 4) is 0 Å². The van der Waals surface area contributed by atoms with Crippen molar-refractivity contribution < 1.29 is 22.1 Å². The highest BCUT2D eigenvalue weighted by atomic mass is 35.5. The van der Waals surface area contributed by atoms with Gasteiger partial charge < -0.3 is 10.1 Å². The number of anilines is 1. The van der Waals surface area contributed by atoms with Crippen LogP contribution in [0.1, 0.15) is 62.3 Å². The topological polar surface area (TPSA) is 146 Å². The average molecular weight is 564 g/mol. The van der Waals surface area contributed by atoms with Gasteiger partial charge in [-0.1, -0.05) is 17.7 Å². The third-order valence-corrected chi connectivity index (χ3v) is 8.39. The maximum Gasteiger partial charge on any atom is 0.333 e. The van der Waals surface area contributed by atoms with Crippen LogP contribution in [0.3, 0.4) is 0 Å². The molecular weight excluding hydrogens is 538 g/mol. The lowest BCUT2D eigenvalue weighted by Gasteiger charge is -2.25. The molecule has 3 aromatic heterocycles. The molecule has 3 atom stereocenters. The summed E-state index contributed by atoms with van der Waals surface area (Å²) in [5, 5.41) is 8.68. The zero-order valence-corrected chi connectivity index (χ0v) is 22.4. The Labute approximate surface area is 223 Å². The Morgan fingerprint density at radius 2 is 2.19 bits per heavy atom. The van der Waals surface area contributed by atoms with Gasteiger partial charge in [-0.05, 0) is 56.2 Å². The van der Waals surface area contributed by atoms with E-state index in [4.69, 9.17) is 25.7 Å². The lowest BCUT2D eigenvalue weighted by molar-refractivity contribution is 0.0663. The predicted molar refractivity (Wildman–Crippen MR) is 139 cm³/mol. The van der Waals surface area contributed by atoms with Crippen LogP contribution in [-0.2, 0) is 25.6 Å². The summed E-state index contributed by atoms with van der Waals surface area (Å²) in [5.74, 6) is 0.294. The van der Waals surface area contributed by atoms with E-state index in [1.807, 2.05) is 19.1 Å². The quantitative estimate of drug-likeness (QED) is 0.310. The van der Waals surface area contributed by atoms with Crippen LogP contribution in [0.4, 0.5) is 5.82 Å². The van der Waals surface area contributed by atoms with Crippen molar-refractivity contribution in [2.75, 3.05) is 18.5 Å². The minimum absolute atomic E-state index is 0.0131. The number of carbonyl (C=O) groups is 1. The number of aromatic nitrogens is 3. The fourth-order valence-corrected chi connectivity index (χ4v) is 6.41. The van der Waals surface area contributed by atoms with Crippen molar-refractivity contribution in [1.82, 2.24) is 15.0 Å². The molecule has 0 bridgehead atoms. The SMILES string of the molecule is Cc1sc(C(=O)c2cncnc2N[C@H]2CC[C@@H](COS(N)(=O)=O)C2)cc1C1OCCc2ccc(Cl)nc21. The number of carbonyl (C=O) groups excluding carboxylic acids is 1. The van der Waals surface area contributed by atoms with E-state index in [-0.39, 0.29) is 30.5 Å². The Morgan fingerprint density at radius 1 is 1.35 bits per heavy atom. The largest absolute Gasteiger partial charge is 0.367 e. The highest BCUT2D eigenvalue weighted by Gasteiger charge is 2.30. The molecule has 5 rings (SSSR count). The first-order chi connectivity index (χ1) is 17.7. The molecule has 1 unspecified atom stereocenters. The van der Waals surface area contributed by atoms with Gasteiger partial charge in [0.25, 0.3) is 0 Å². The third-order valence-electron chi connectivity index (χ3n) is 6.65. The summed E-state index contributed by atoms with van der Waals surface area (Å²) in [6, 6.07) is 5.63. The van der Waals surface area contributed by atoms with Crippen LogP contribution in [-0.4, -0.2) is 48.4 Å². The lowest BCUT2D eigenvalue weighted by atomic mass is 9.98. The molecule has 0 saturated heterocycles. The molecule has 0 spiro atoms. The molecule has 0 amide bonds. The predicted octanol–water partition coefficient (Wildman–Crippen LogP) is 3.59. The molecule has 196 valence electrons. The van der Waals surface area contributed by atoms with E-state index in [1.54, 1.807) is 6.07 Å². The van der Waals surface area contributed by atoms with Crippen molar-refractivity contribution in [2.24, 2.45) is 11.1 Å². The van der Waals surface area contributed by atoms with Crippen LogP contribution in [0, 0.1) is 12.8 Å². The first-order valence-electron chi connectivity index (χ1n) is 11.8. The summed E-state index contributed by atoms with van der Waals surface area (Å²) in [6.07, 6.45) is 5.50. The Balaban J connectivity index is 1.34. The molecule has 13 heteroatoms. The van der Waals surface area contributed by atoms with E-state index in [2.05, 4.69) is 20.3 Å². The minimum Gasteiger partial charge on any atom is -0.367 e. The molecule has 10 nitrogen and oxygen atoms in total. The van der Waals surface area contributed by atoms with E-state index < -0.39 is 10.3 Å². The number of nitrogens with zero attached hydrogens (tertiary/aromatic N) is 3. The zero-order chi connectivity index (χ0) is 26.2. The molecule has 1 aliphatic carbocycles. The van der Waals surface area contributed by atoms with Gasteiger partial charge in [0.1, 0.15) is 23.4 Å². The average Bonchev–Trinajstić information content (AvgIpc) is 3.48. The number of fused-ring (bicyclic) bond motifs is 1. The van der Waals surface area contributed by atoms with Crippen LogP contribution in [0.5, 0.6) is 0 Å². The number of nitrogens with one attached hydrogen (secondary N) is 1. The van der Waals surface area contributed by atoms with Crippen LogP contribution >= 0.6 is 22.9 Å². The fraction of sp³-hybridized carbons (Fsp3) is 0.417. The van der Waals surface area contributed by atoms with Crippen LogP contribution in [0.25, 0.3) is 0 Å². The van der Waals surface area contributed by atoms with Crippen LogP contribution < -0.4 is 10.5 Å². The number of rotatable bonds is 8. The van der Waals surface area contributed by atoms with E-state index >= 15 is 0 Å². The molecule has 0 aromatic carbocycles. The summed E-state index contributed by atoms with van der Waals surface area (Å²) >= 11 is 7.55. The van der Waals surface area contributed by atoms with Gasteiger partial charge in [-0.15, -0.1) is 11.3 Å². The number of thiophene rings is 1. The standard InChI is InChI=1S/C24H26ClN5O5S2/c1-13-17(23-21-15(6-7-34-23)3-5-20(25)30-21)9-19(36-13)22(31)18-10-27-12-28-24(18)29-16-4-2-14(8-16)11-35-37(26,32)33/h3,5,9-10,12,14,16,23H,2,4,6-8,11H2,1H3,(H2,26,32,33)(H,27,28,29)/t14-,16+,23?/m1/s1. The van der Waals surface area contributed by atoms with E-state index in [0.29, 0.717) is 34.4 Å². The number of hydrogen-bond acceptors (Lipinski definition) is 10. The van der Waals surface area contributed by atoms with Crippen molar-refractivity contribution in [2.45, 2.75) is 44.8 Å². The first kappa shape index (κ1) is 26.1. The van der Waals surface area contributed by atoms with Crippen molar-refractivity contribution in [3.05, 3.63) is 68.0 Å². The van der Waals surface area contributed by atoms with E-state index in [0.717, 1.165) is 41.0 Å². The van der Waals surface area contributed by atoms with Gasteiger partial charge in [0, 0.05) is 22.7 Å². The molecular formula is C24H26ClN5O5S2. The van der Waals surface area contributed by atoms with Crippen molar-refractivity contribution in [1.29, 1.82) is 0 Å². The Kier molecular flexibility index (Phi) is 7.57. The summed E-state index contributed by atoms with van der Waals surface area (Å²) in [5.41, 5.74) is 3.13. The maximum absolute atomic E-state index is 13.6. The summed E-state index contributed by atoms with van der Waals surface area (Å²) in [7, 11) is -3.97.